The van der Waals surface area contributed by atoms with Crippen molar-refractivity contribution in [3.05, 3.63) is 36.5 Å². The lowest BCUT2D eigenvalue weighted by Crippen LogP contribution is -2.45. The molecule has 0 radical (unpaired) electrons. The van der Waals surface area contributed by atoms with Gasteiger partial charge in [-0.1, -0.05) is 166 Å². The number of quaternary nitrogens is 1. The Bertz CT molecular complexity index is 948. The molecule has 0 rings (SSSR count). The largest absolute Gasteiger partial charge is 0.472 e. The number of allylic oxidation sites excluding steroid dienone is 5. The van der Waals surface area contributed by atoms with Crippen molar-refractivity contribution in [2.75, 3.05) is 40.9 Å². The quantitative estimate of drug-likeness (QED) is 0.0190. The molecule has 0 aromatic carbocycles. The van der Waals surface area contributed by atoms with E-state index in [-0.39, 0.29) is 19.1 Å². The molecule has 52 heavy (non-hydrogen) atoms. The number of carbonyl (C=O) groups is 1. The SMILES string of the molecule is CCCCC/C=C\C=C/CCCCCCCCCCCCC(=O)NC(COP(=O)(O)OCC[N+](C)(C)C)C(O)/C=C/CCCCCCCCCCC. The van der Waals surface area contributed by atoms with Crippen LogP contribution < -0.4 is 5.32 Å². The maximum absolute atomic E-state index is 12.8. The Morgan fingerprint density at radius 1 is 0.654 bits per heavy atom. The van der Waals surface area contributed by atoms with E-state index in [1.165, 1.54) is 122 Å². The molecule has 9 heteroatoms. The van der Waals surface area contributed by atoms with Crippen LogP contribution in [0, 0.1) is 0 Å². The Hall–Kier alpha value is -1.28. The highest BCUT2D eigenvalue weighted by Crippen LogP contribution is 2.43. The van der Waals surface area contributed by atoms with Crippen molar-refractivity contribution in [2.45, 2.75) is 193 Å². The molecule has 0 bridgehead atoms. The van der Waals surface area contributed by atoms with Gasteiger partial charge in [0, 0.05) is 6.42 Å². The summed E-state index contributed by atoms with van der Waals surface area (Å²) in [6, 6.07) is -0.845. The number of phosphoric ester groups is 1. The van der Waals surface area contributed by atoms with Gasteiger partial charge < -0.3 is 19.8 Å². The molecule has 0 spiro atoms. The van der Waals surface area contributed by atoms with Crippen molar-refractivity contribution in [1.82, 2.24) is 5.32 Å². The van der Waals surface area contributed by atoms with Crippen LogP contribution >= 0.6 is 7.82 Å². The number of rotatable bonds is 38. The van der Waals surface area contributed by atoms with Crippen LogP contribution in [0.1, 0.15) is 181 Å². The van der Waals surface area contributed by atoms with Gasteiger partial charge in [-0.3, -0.25) is 13.8 Å². The number of aliphatic hydroxyl groups excluding tert-OH is 1. The third kappa shape index (κ3) is 37.1. The lowest BCUT2D eigenvalue weighted by Gasteiger charge is -2.25. The van der Waals surface area contributed by atoms with Crippen LogP contribution in [0.3, 0.4) is 0 Å². The zero-order valence-corrected chi connectivity index (χ0v) is 35.4. The summed E-state index contributed by atoms with van der Waals surface area (Å²) >= 11 is 0. The molecule has 0 aliphatic heterocycles. The Morgan fingerprint density at radius 2 is 1.08 bits per heavy atom. The number of nitrogens with zero attached hydrogens (tertiary/aromatic N) is 1. The highest BCUT2D eigenvalue weighted by Gasteiger charge is 2.27. The molecule has 3 unspecified atom stereocenters. The van der Waals surface area contributed by atoms with Crippen LogP contribution in [-0.2, 0) is 18.4 Å². The molecule has 3 atom stereocenters. The van der Waals surface area contributed by atoms with Gasteiger partial charge in [0.15, 0.2) is 0 Å². The van der Waals surface area contributed by atoms with Crippen molar-refractivity contribution in [3.63, 3.8) is 0 Å². The Morgan fingerprint density at radius 3 is 1.58 bits per heavy atom. The zero-order valence-electron chi connectivity index (χ0n) is 34.5. The maximum Gasteiger partial charge on any atom is 0.472 e. The van der Waals surface area contributed by atoms with E-state index >= 15 is 0 Å². The molecule has 0 fully saturated rings. The number of hydrogen-bond acceptors (Lipinski definition) is 5. The molecular weight excluding hydrogens is 671 g/mol. The first-order valence-electron chi connectivity index (χ1n) is 21.4. The first-order chi connectivity index (χ1) is 25.0. The van der Waals surface area contributed by atoms with Crippen molar-refractivity contribution < 1.29 is 32.9 Å². The molecule has 0 aliphatic carbocycles. The van der Waals surface area contributed by atoms with E-state index in [1.807, 2.05) is 27.2 Å². The lowest BCUT2D eigenvalue weighted by molar-refractivity contribution is -0.870. The standard InChI is InChI=1S/C43H83N2O6P/c1-6-8-10-12-14-16-18-19-20-21-22-23-24-25-27-29-31-33-35-37-43(47)44-41(40-51-52(48,49)50-39-38-45(3,4)5)42(46)36-34-32-30-28-26-17-15-13-11-9-7-2/h14,16,18-19,34,36,41-42,46H,6-13,15,17,20-33,35,37-40H2,1-5H3,(H-,44,47,48,49)/p+1/b16-14-,19-18-,36-34+. The first-order valence-corrected chi connectivity index (χ1v) is 22.9. The highest BCUT2D eigenvalue weighted by atomic mass is 31.2. The number of amides is 1. The van der Waals surface area contributed by atoms with Crippen LogP contribution in [0.25, 0.3) is 0 Å². The number of likely N-dealkylation sites (N-methyl/N-ethyl adjacent to an activating group) is 1. The van der Waals surface area contributed by atoms with Gasteiger partial charge in [-0.05, 0) is 44.9 Å². The number of aliphatic hydroxyl groups is 1. The summed E-state index contributed by atoms with van der Waals surface area (Å²) in [6.07, 6.45) is 42.0. The summed E-state index contributed by atoms with van der Waals surface area (Å²) in [5.74, 6) is -0.184. The predicted molar refractivity (Wildman–Crippen MR) is 221 cm³/mol. The fourth-order valence-corrected chi connectivity index (χ4v) is 6.65. The van der Waals surface area contributed by atoms with Crippen molar-refractivity contribution in [1.29, 1.82) is 0 Å². The smallest absolute Gasteiger partial charge is 0.387 e. The molecule has 0 saturated heterocycles. The monoisotopic (exact) mass is 756 g/mol. The predicted octanol–water partition coefficient (Wildman–Crippen LogP) is 11.5. The molecule has 0 aromatic heterocycles. The van der Waals surface area contributed by atoms with E-state index in [9.17, 15) is 19.4 Å². The molecule has 3 N–H and O–H groups in total. The number of nitrogens with one attached hydrogen (secondary N) is 1. The number of hydrogen-bond donors (Lipinski definition) is 3. The minimum Gasteiger partial charge on any atom is -0.387 e. The summed E-state index contributed by atoms with van der Waals surface area (Å²) in [6.45, 7) is 4.76. The fourth-order valence-electron chi connectivity index (χ4n) is 5.91. The second-order valence-electron chi connectivity index (χ2n) is 15.7. The summed E-state index contributed by atoms with van der Waals surface area (Å²) < 4.78 is 23.5. The average Bonchev–Trinajstić information content (AvgIpc) is 3.09. The van der Waals surface area contributed by atoms with Gasteiger partial charge in [0.1, 0.15) is 13.2 Å². The van der Waals surface area contributed by atoms with Crippen LogP contribution in [0.2, 0.25) is 0 Å². The van der Waals surface area contributed by atoms with E-state index in [4.69, 9.17) is 9.05 Å². The Balaban J connectivity index is 4.38. The van der Waals surface area contributed by atoms with Crippen molar-refractivity contribution in [3.8, 4) is 0 Å². The normalized spacial score (nSPS) is 14.8. The summed E-state index contributed by atoms with van der Waals surface area (Å²) in [7, 11) is 1.57. The minimum absolute atomic E-state index is 0.0604. The summed E-state index contributed by atoms with van der Waals surface area (Å²) in [5, 5.41) is 13.8. The van der Waals surface area contributed by atoms with Crippen molar-refractivity contribution >= 4 is 13.7 Å². The van der Waals surface area contributed by atoms with Gasteiger partial charge in [0.05, 0.1) is 39.9 Å². The maximum atomic E-state index is 12.8. The molecule has 0 aromatic rings. The summed E-state index contributed by atoms with van der Waals surface area (Å²) in [5.41, 5.74) is 0. The van der Waals surface area contributed by atoms with Crippen molar-refractivity contribution in [2.24, 2.45) is 0 Å². The van der Waals surface area contributed by atoms with Gasteiger partial charge >= 0.3 is 7.82 Å². The third-order valence-corrected chi connectivity index (χ3v) is 10.4. The van der Waals surface area contributed by atoms with E-state index < -0.39 is 20.0 Å². The van der Waals surface area contributed by atoms with Gasteiger partial charge in [0.2, 0.25) is 5.91 Å². The van der Waals surface area contributed by atoms with E-state index in [1.54, 1.807) is 6.08 Å². The lowest BCUT2D eigenvalue weighted by atomic mass is 10.0. The van der Waals surface area contributed by atoms with E-state index in [0.717, 1.165) is 38.5 Å². The third-order valence-electron chi connectivity index (χ3n) is 9.38. The zero-order chi connectivity index (χ0) is 38.6. The van der Waals surface area contributed by atoms with E-state index in [0.29, 0.717) is 17.4 Å². The number of carbonyl (C=O) groups excluding carboxylic acids is 1. The number of unbranched alkanes of at least 4 members (excludes halogenated alkanes) is 22. The highest BCUT2D eigenvalue weighted by molar-refractivity contribution is 7.47. The second kappa shape index (κ2) is 35.4. The second-order valence-corrected chi connectivity index (χ2v) is 17.2. The Labute approximate surface area is 321 Å². The molecule has 1 amide bonds. The van der Waals surface area contributed by atoms with Crippen LogP contribution in [0.5, 0.6) is 0 Å². The van der Waals surface area contributed by atoms with E-state index in [2.05, 4.69) is 43.5 Å². The molecule has 0 saturated carbocycles. The molecule has 0 heterocycles. The molecule has 0 aliphatic rings. The molecule has 306 valence electrons. The topological polar surface area (TPSA) is 105 Å². The van der Waals surface area contributed by atoms with Crippen LogP contribution in [0.15, 0.2) is 36.5 Å². The van der Waals surface area contributed by atoms with Gasteiger partial charge in [-0.25, -0.2) is 4.57 Å². The first kappa shape index (κ1) is 50.7. The molecular formula is C43H84N2O6P+. The number of phosphoric acid groups is 1. The van der Waals surface area contributed by atoms with Crippen LogP contribution in [0.4, 0.5) is 0 Å². The van der Waals surface area contributed by atoms with Crippen LogP contribution in [-0.4, -0.2) is 73.4 Å². The average molecular weight is 756 g/mol. The van der Waals surface area contributed by atoms with Gasteiger partial charge in [-0.15, -0.1) is 0 Å². The fraction of sp³-hybridized carbons (Fsp3) is 0.837. The van der Waals surface area contributed by atoms with Gasteiger partial charge in [0.25, 0.3) is 0 Å². The Kier molecular flexibility index (Phi) is 34.6. The van der Waals surface area contributed by atoms with Gasteiger partial charge in [-0.2, -0.15) is 0 Å². The molecule has 8 nitrogen and oxygen atoms in total. The summed E-state index contributed by atoms with van der Waals surface area (Å²) in [4.78, 5) is 23.1. The minimum atomic E-state index is -4.33.